The number of thioether (sulfide) groups is 1. The number of non-ortho nitro benzene ring substituents is 1. The van der Waals surface area contributed by atoms with Crippen molar-refractivity contribution >= 4 is 28.8 Å². The molecule has 108 valence electrons. The summed E-state index contributed by atoms with van der Waals surface area (Å²) < 4.78 is 0. The van der Waals surface area contributed by atoms with Crippen LogP contribution in [0.15, 0.2) is 40.6 Å². The highest BCUT2D eigenvalue weighted by Gasteiger charge is 2.05. The first kappa shape index (κ1) is 15.6. The van der Waals surface area contributed by atoms with E-state index in [4.69, 9.17) is 5.11 Å². The Morgan fingerprint density at radius 3 is 2.76 bits per heavy atom. The minimum Gasteiger partial charge on any atom is -0.395 e. The quantitative estimate of drug-likeness (QED) is 0.395. The summed E-state index contributed by atoms with van der Waals surface area (Å²) in [6.45, 7) is 0.0833. The van der Waals surface area contributed by atoms with Gasteiger partial charge in [-0.2, -0.15) is 0 Å². The lowest BCUT2D eigenvalue weighted by atomic mass is 10.3. The summed E-state index contributed by atoms with van der Waals surface area (Å²) in [7, 11) is 0. The van der Waals surface area contributed by atoms with Gasteiger partial charge in [0.1, 0.15) is 0 Å². The normalized spacial score (nSPS) is 9.95. The molecule has 0 aliphatic heterocycles. The second-order valence-electron chi connectivity index (χ2n) is 4.12. The predicted octanol–water partition coefficient (Wildman–Crippen LogP) is 3.68. The number of thiophene rings is 1. The average molecular weight is 319 g/mol. The van der Waals surface area contributed by atoms with Crippen molar-refractivity contribution in [2.45, 2.75) is 17.1 Å². The highest BCUT2D eigenvalue weighted by molar-refractivity contribution is 7.98. The van der Waals surface area contributed by atoms with Gasteiger partial charge < -0.3 is 5.11 Å². The number of rotatable bonds is 5. The monoisotopic (exact) mass is 319 g/mol. The number of nitro benzene ring substituents is 1. The van der Waals surface area contributed by atoms with Crippen LogP contribution >= 0.6 is 23.1 Å². The van der Waals surface area contributed by atoms with Crippen molar-refractivity contribution in [1.29, 1.82) is 0 Å². The second-order valence-corrected chi connectivity index (χ2v) is 6.16. The fourth-order valence-electron chi connectivity index (χ4n) is 1.56. The van der Waals surface area contributed by atoms with Crippen molar-refractivity contribution < 1.29 is 10.0 Å². The van der Waals surface area contributed by atoms with E-state index in [0.717, 1.165) is 16.2 Å². The molecule has 0 atom stereocenters. The minimum atomic E-state index is -0.398. The van der Waals surface area contributed by atoms with Crippen molar-refractivity contribution in [3.63, 3.8) is 0 Å². The summed E-state index contributed by atoms with van der Waals surface area (Å²) in [6, 6.07) is 8.59. The maximum absolute atomic E-state index is 10.6. The van der Waals surface area contributed by atoms with E-state index in [1.54, 1.807) is 35.2 Å². The first-order valence-corrected chi connectivity index (χ1v) is 8.10. The summed E-state index contributed by atoms with van der Waals surface area (Å²) in [5.74, 6) is 6.70. The van der Waals surface area contributed by atoms with Crippen LogP contribution in [0, 0.1) is 22.0 Å². The SMILES string of the molecule is O=[N+]([O-])c1ccc(SCc2cc(C#CCCO)cs2)cc1. The summed E-state index contributed by atoms with van der Waals surface area (Å²) >= 11 is 3.28. The summed E-state index contributed by atoms with van der Waals surface area (Å²) in [5.41, 5.74) is 1.07. The zero-order chi connectivity index (χ0) is 15.1. The lowest BCUT2D eigenvalue weighted by Crippen LogP contribution is -1.86. The van der Waals surface area contributed by atoms with Crippen LogP contribution in [0.1, 0.15) is 16.9 Å². The van der Waals surface area contributed by atoms with Crippen LogP contribution in [0.3, 0.4) is 0 Å². The maximum Gasteiger partial charge on any atom is 0.269 e. The standard InChI is InChI=1S/C15H13NO3S2/c17-8-2-1-3-12-9-15(20-10-12)11-21-14-6-4-13(5-7-14)16(18)19/h4-7,9-10,17H,2,8,11H2. The maximum atomic E-state index is 10.6. The third-order valence-corrected chi connectivity index (χ3v) is 4.73. The molecule has 1 N–H and O–H groups in total. The van der Waals surface area contributed by atoms with Gasteiger partial charge in [0.2, 0.25) is 0 Å². The molecule has 0 radical (unpaired) electrons. The Morgan fingerprint density at radius 2 is 2.10 bits per heavy atom. The fraction of sp³-hybridized carbons (Fsp3) is 0.200. The Balaban J connectivity index is 1.91. The number of nitro groups is 1. The van der Waals surface area contributed by atoms with E-state index >= 15 is 0 Å². The molecule has 1 heterocycles. The van der Waals surface area contributed by atoms with Crippen LogP contribution < -0.4 is 0 Å². The van der Waals surface area contributed by atoms with Gasteiger partial charge in [-0.1, -0.05) is 11.8 Å². The average Bonchev–Trinajstić information content (AvgIpc) is 2.94. The molecule has 0 spiro atoms. The van der Waals surface area contributed by atoms with Crippen LogP contribution in [0.5, 0.6) is 0 Å². The van der Waals surface area contributed by atoms with E-state index in [9.17, 15) is 10.1 Å². The van der Waals surface area contributed by atoms with Crippen molar-refractivity contribution in [2.75, 3.05) is 6.61 Å². The van der Waals surface area contributed by atoms with Gasteiger partial charge in [0.15, 0.2) is 0 Å². The van der Waals surface area contributed by atoms with Crippen LogP contribution in [0.2, 0.25) is 0 Å². The van der Waals surface area contributed by atoms with Crippen LogP contribution in [-0.4, -0.2) is 16.6 Å². The molecule has 2 rings (SSSR count). The Kier molecular flexibility index (Phi) is 5.81. The fourth-order valence-corrected chi connectivity index (χ4v) is 3.33. The molecule has 0 aliphatic rings. The first-order valence-electron chi connectivity index (χ1n) is 6.23. The van der Waals surface area contributed by atoms with E-state index in [1.165, 1.54) is 17.0 Å². The molecule has 2 aromatic rings. The number of benzene rings is 1. The zero-order valence-corrected chi connectivity index (χ0v) is 12.7. The minimum absolute atomic E-state index is 0.0833. The van der Waals surface area contributed by atoms with Gasteiger partial charge in [0.25, 0.3) is 5.69 Å². The molecule has 0 amide bonds. The van der Waals surface area contributed by atoms with E-state index in [1.807, 2.05) is 11.4 Å². The second kappa shape index (κ2) is 7.84. The number of nitrogens with zero attached hydrogens (tertiary/aromatic N) is 1. The Hall–Kier alpha value is -1.81. The molecular weight excluding hydrogens is 306 g/mol. The van der Waals surface area contributed by atoms with Crippen molar-refractivity contribution in [2.24, 2.45) is 0 Å². The van der Waals surface area contributed by atoms with Gasteiger partial charge >= 0.3 is 0 Å². The van der Waals surface area contributed by atoms with Crippen molar-refractivity contribution in [3.05, 3.63) is 56.3 Å². The zero-order valence-electron chi connectivity index (χ0n) is 11.1. The number of aliphatic hydroxyl groups excluding tert-OH is 1. The molecule has 0 saturated carbocycles. The Labute approximate surface area is 131 Å². The highest BCUT2D eigenvalue weighted by atomic mass is 32.2. The van der Waals surface area contributed by atoms with Crippen LogP contribution in [0.4, 0.5) is 5.69 Å². The van der Waals surface area contributed by atoms with E-state index in [-0.39, 0.29) is 12.3 Å². The third kappa shape index (κ3) is 4.90. The van der Waals surface area contributed by atoms with Crippen LogP contribution in [-0.2, 0) is 5.75 Å². The largest absolute Gasteiger partial charge is 0.395 e. The van der Waals surface area contributed by atoms with E-state index < -0.39 is 4.92 Å². The lowest BCUT2D eigenvalue weighted by Gasteiger charge is -1.99. The van der Waals surface area contributed by atoms with Crippen molar-refractivity contribution in [1.82, 2.24) is 0 Å². The highest BCUT2D eigenvalue weighted by Crippen LogP contribution is 2.27. The third-order valence-electron chi connectivity index (χ3n) is 2.55. The van der Waals surface area contributed by atoms with Gasteiger partial charge in [-0.3, -0.25) is 10.1 Å². The van der Waals surface area contributed by atoms with Gasteiger partial charge in [-0.15, -0.1) is 23.1 Å². The number of aliphatic hydroxyl groups is 1. The summed E-state index contributed by atoms with van der Waals surface area (Å²) in [6.07, 6.45) is 0.489. The molecule has 0 fully saturated rings. The molecule has 1 aromatic heterocycles. The number of hydrogen-bond donors (Lipinski definition) is 1. The van der Waals surface area contributed by atoms with Gasteiger partial charge in [-0.25, -0.2) is 0 Å². The summed E-state index contributed by atoms with van der Waals surface area (Å²) in [4.78, 5) is 12.4. The molecule has 0 aliphatic carbocycles. The summed E-state index contributed by atoms with van der Waals surface area (Å²) in [5, 5.41) is 21.2. The molecule has 0 saturated heterocycles. The van der Waals surface area contributed by atoms with E-state index in [0.29, 0.717) is 6.42 Å². The van der Waals surface area contributed by atoms with Crippen LogP contribution in [0.25, 0.3) is 0 Å². The molecule has 4 nitrogen and oxygen atoms in total. The topological polar surface area (TPSA) is 63.4 Å². The molecule has 6 heteroatoms. The smallest absolute Gasteiger partial charge is 0.269 e. The first-order chi connectivity index (χ1) is 10.2. The molecular formula is C15H13NO3S2. The number of hydrogen-bond acceptors (Lipinski definition) is 5. The van der Waals surface area contributed by atoms with Gasteiger partial charge in [0.05, 0.1) is 11.5 Å². The molecule has 21 heavy (non-hydrogen) atoms. The van der Waals surface area contributed by atoms with Gasteiger partial charge in [-0.05, 0) is 18.2 Å². The Bertz CT molecular complexity index is 668. The lowest BCUT2D eigenvalue weighted by molar-refractivity contribution is -0.384. The van der Waals surface area contributed by atoms with Crippen molar-refractivity contribution in [3.8, 4) is 11.8 Å². The molecule has 0 bridgehead atoms. The predicted molar refractivity (Wildman–Crippen MR) is 85.6 cm³/mol. The van der Waals surface area contributed by atoms with E-state index in [2.05, 4.69) is 11.8 Å². The molecule has 0 unspecified atom stereocenters. The molecule has 1 aromatic carbocycles. The Morgan fingerprint density at radius 1 is 1.33 bits per heavy atom. The van der Waals surface area contributed by atoms with Gasteiger partial charge in [0, 0.05) is 45.0 Å².